The van der Waals surface area contributed by atoms with Gasteiger partial charge in [-0.2, -0.15) is 0 Å². The number of benzene rings is 2. The summed E-state index contributed by atoms with van der Waals surface area (Å²) >= 11 is 1.14. The van der Waals surface area contributed by atoms with Gasteiger partial charge >= 0.3 is 0 Å². The molecular formula is C20H22FN5O4S. The number of methoxy groups -OCH3 is 1. The number of hydrogen-bond acceptors (Lipinski definition) is 7. The highest BCUT2D eigenvalue weighted by Gasteiger charge is 2.35. The van der Waals surface area contributed by atoms with Gasteiger partial charge in [0.25, 0.3) is 5.91 Å². The van der Waals surface area contributed by atoms with E-state index >= 15 is 0 Å². The lowest BCUT2D eigenvalue weighted by Crippen LogP contribution is -2.70. The molecule has 0 spiro atoms. The maximum absolute atomic E-state index is 13.0. The standard InChI is InChI=1S/C20H22FN5O4S/c1-30-14-4-2-3-13(9-14)23-15(27)10-31-20-25-17(22)16(19(29)26-20)24-18(28)11-5-7-12(21)8-6-11/h2-9,16-17,20,25H,10,22H2,1H3,(H,23,27)(H,24,28)(H,26,29). The number of anilines is 1. The zero-order valence-corrected chi connectivity index (χ0v) is 17.4. The van der Waals surface area contributed by atoms with Gasteiger partial charge in [0.1, 0.15) is 23.1 Å². The maximum Gasteiger partial charge on any atom is 0.252 e. The first kappa shape index (κ1) is 22.5. The SMILES string of the molecule is COc1cccc(NC(=O)CSC2NC(=O)C(NC(=O)c3ccc(F)cc3)C(N)N2)c1. The number of ether oxygens (including phenoxy) is 1. The van der Waals surface area contributed by atoms with E-state index in [-0.39, 0.29) is 17.2 Å². The molecule has 1 saturated heterocycles. The van der Waals surface area contributed by atoms with Gasteiger partial charge in [-0.05, 0) is 36.4 Å². The van der Waals surface area contributed by atoms with E-state index in [2.05, 4.69) is 21.3 Å². The van der Waals surface area contributed by atoms with Crippen molar-refractivity contribution in [1.82, 2.24) is 16.0 Å². The zero-order valence-electron chi connectivity index (χ0n) is 16.6. The Morgan fingerprint density at radius 3 is 2.65 bits per heavy atom. The first-order chi connectivity index (χ1) is 14.9. The molecule has 0 aliphatic carbocycles. The first-order valence-corrected chi connectivity index (χ1v) is 10.3. The van der Waals surface area contributed by atoms with Crippen molar-refractivity contribution < 1.29 is 23.5 Å². The third-order valence-corrected chi connectivity index (χ3v) is 5.40. The summed E-state index contributed by atoms with van der Waals surface area (Å²) < 4.78 is 18.1. The third-order valence-electron chi connectivity index (χ3n) is 4.39. The number of thioether (sulfide) groups is 1. The summed E-state index contributed by atoms with van der Waals surface area (Å²) in [6.45, 7) is 0. The summed E-state index contributed by atoms with van der Waals surface area (Å²) in [4.78, 5) is 36.9. The molecule has 1 aliphatic rings. The van der Waals surface area contributed by atoms with Crippen LogP contribution in [-0.2, 0) is 9.59 Å². The fourth-order valence-corrected chi connectivity index (χ4v) is 3.67. The van der Waals surface area contributed by atoms with Crippen molar-refractivity contribution in [3.05, 3.63) is 59.9 Å². The van der Waals surface area contributed by atoms with Crippen LogP contribution >= 0.6 is 11.8 Å². The van der Waals surface area contributed by atoms with E-state index in [1.54, 1.807) is 24.3 Å². The molecule has 0 radical (unpaired) electrons. The number of nitrogens with one attached hydrogen (secondary N) is 4. The molecule has 2 aromatic rings. The predicted octanol–water partition coefficient (Wildman–Crippen LogP) is 0.592. The van der Waals surface area contributed by atoms with Crippen LogP contribution in [0.4, 0.5) is 10.1 Å². The maximum atomic E-state index is 13.0. The zero-order chi connectivity index (χ0) is 22.4. The Morgan fingerprint density at radius 2 is 1.97 bits per heavy atom. The molecule has 3 atom stereocenters. The van der Waals surface area contributed by atoms with Crippen LogP contribution in [0, 0.1) is 5.82 Å². The van der Waals surface area contributed by atoms with Gasteiger partial charge in [-0.15, -0.1) is 11.8 Å². The summed E-state index contributed by atoms with van der Waals surface area (Å²) in [5, 5.41) is 10.9. The summed E-state index contributed by atoms with van der Waals surface area (Å²) in [5.74, 6) is -1.12. The van der Waals surface area contributed by atoms with E-state index in [9.17, 15) is 18.8 Å². The number of nitrogens with two attached hydrogens (primary N) is 1. The largest absolute Gasteiger partial charge is 0.497 e. The number of carbonyl (C=O) groups excluding carboxylic acids is 3. The minimum Gasteiger partial charge on any atom is -0.497 e. The molecule has 0 aromatic heterocycles. The second-order valence-corrected chi connectivity index (χ2v) is 7.72. The smallest absolute Gasteiger partial charge is 0.252 e. The molecule has 3 rings (SSSR count). The molecular weight excluding hydrogens is 425 g/mol. The molecule has 6 N–H and O–H groups in total. The van der Waals surface area contributed by atoms with Crippen LogP contribution in [-0.4, -0.2) is 48.3 Å². The van der Waals surface area contributed by atoms with Crippen molar-refractivity contribution in [2.75, 3.05) is 18.2 Å². The molecule has 1 aliphatic heterocycles. The lowest BCUT2D eigenvalue weighted by atomic mass is 10.1. The minimum absolute atomic E-state index is 0.0501. The molecule has 9 nitrogen and oxygen atoms in total. The van der Waals surface area contributed by atoms with Crippen molar-refractivity contribution in [3.8, 4) is 5.75 Å². The monoisotopic (exact) mass is 447 g/mol. The van der Waals surface area contributed by atoms with E-state index in [1.165, 1.54) is 19.2 Å². The quantitative estimate of drug-likeness (QED) is 0.419. The summed E-state index contributed by atoms with van der Waals surface area (Å²) in [6, 6.07) is 10.8. The average Bonchev–Trinajstić information content (AvgIpc) is 2.75. The van der Waals surface area contributed by atoms with Gasteiger partial charge in [0, 0.05) is 17.3 Å². The van der Waals surface area contributed by atoms with Crippen molar-refractivity contribution >= 4 is 35.2 Å². The molecule has 1 fully saturated rings. The molecule has 11 heteroatoms. The van der Waals surface area contributed by atoms with Gasteiger partial charge < -0.3 is 26.4 Å². The van der Waals surface area contributed by atoms with Crippen LogP contribution in [0.15, 0.2) is 48.5 Å². The Kier molecular flexibility index (Phi) is 7.45. The number of amides is 3. The lowest BCUT2D eigenvalue weighted by Gasteiger charge is -2.35. The Morgan fingerprint density at radius 1 is 1.23 bits per heavy atom. The van der Waals surface area contributed by atoms with E-state index in [1.807, 2.05) is 0 Å². The van der Waals surface area contributed by atoms with Crippen LogP contribution in [0.1, 0.15) is 10.4 Å². The fraction of sp³-hybridized carbons (Fsp3) is 0.250. The van der Waals surface area contributed by atoms with E-state index in [4.69, 9.17) is 10.5 Å². The van der Waals surface area contributed by atoms with Crippen LogP contribution in [0.2, 0.25) is 0 Å². The topological polar surface area (TPSA) is 135 Å². The van der Waals surface area contributed by atoms with E-state index < -0.39 is 35.3 Å². The van der Waals surface area contributed by atoms with Crippen molar-refractivity contribution in [3.63, 3.8) is 0 Å². The number of carbonyl (C=O) groups is 3. The fourth-order valence-electron chi connectivity index (χ4n) is 2.82. The van der Waals surface area contributed by atoms with Crippen LogP contribution < -0.4 is 31.7 Å². The molecule has 164 valence electrons. The molecule has 1 heterocycles. The van der Waals surface area contributed by atoms with E-state index in [0.717, 1.165) is 23.9 Å². The molecule has 0 saturated carbocycles. The molecule has 2 aromatic carbocycles. The number of rotatable bonds is 7. The molecule has 0 bridgehead atoms. The summed E-state index contributed by atoms with van der Waals surface area (Å²) in [7, 11) is 1.53. The van der Waals surface area contributed by atoms with Crippen molar-refractivity contribution in [1.29, 1.82) is 0 Å². The van der Waals surface area contributed by atoms with Crippen LogP contribution in [0.25, 0.3) is 0 Å². The van der Waals surface area contributed by atoms with Gasteiger partial charge in [-0.1, -0.05) is 6.07 Å². The highest BCUT2D eigenvalue weighted by molar-refractivity contribution is 8.00. The third kappa shape index (κ3) is 6.17. The average molecular weight is 447 g/mol. The second kappa shape index (κ2) is 10.2. The normalized spacial score (nSPS) is 20.5. The predicted molar refractivity (Wildman–Crippen MR) is 115 cm³/mol. The number of halogens is 1. The van der Waals surface area contributed by atoms with Gasteiger partial charge in [-0.3, -0.25) is 19.7 Å². The molecule has 3 unspecified atom stereocenters. The molecule has 3 amide bonds. The Balaban J connectivity index is 1.49. The highest BCUT2D eigenvalue weighted by Crippen LogP contribution is 2.18. The number of hydrogen-bond donors (Lipinski definition) is 5. The van der Waals surface area contributed by atoms with Gasteiger partial charge in [0.15, 0.2) is 0 Å². The van der Waals surface area contributed by atoms with Gasteiger partial charge in [0.05, 0.1) is 19.0 Å². The van der Waals surface area contributed by atoms with Crippen LogP contribution in [0.3, 0.4) is 0 Å². The highest BCUT2D eigenvalue weighted by atomic mass is 32.2. The van der Waals surface area contributed by atoms with Crippen molar-refractivity contribution in [2.45, 2.75) is 17.7 Å². The van der Waals surface area contributed by atoms with E-state index in [0.29, 0.717) is 11.4 Å². The Labute approximate surface area is 182 Å². The van der Waals surface area contributed by atoms with Gasteiger partial charge in [-0.25, -0.2) is 4.39 Å². The van der Waals surface area contributed by atoms with Gasteiger partial charge in [0.2, 0.25) is 11.8 Å². The first-order valence-electron chi connectivity index (χ1n) is 9.29. The summed E-state index contributed by atoms with van der Waals surface area (Å²) in [5.41, 5.74) is 6.17. The lowest BCUT2D eigenvalue weighted by molar-refractivity contribution is -0.125. The Bertz CT molecular complexity index is 959. The second-order valence-electron chi connectivity index (χ2n) is 6.63. The minimum atomic E-state index is -1.03. The van der Waals surface area contributed by atoms with Crippen LogP contribution in [0.5, 0.6) is 5.75 Å². The Hall–Kier alpha value is -3.15. The molecule has 31 heavy (non-hydrogen) atoms. The summed E-state index contributed by atoms with van der Waals surface area (Å²) in [6.07, 6.45) is -0.878. The van der Waals surface area contributed by atoms with Crippen molar-refractivity contribution in [2.24, 2.45) is 5.73 Å².